The summed E-state index contributed by atoms with van der Waals surface area (Å²) in [6.07, 6.45) is 44.3. The van der Waals surface area contributed by atoms with Gasteiger partial charge >= 0.3 is 0 Å². The molecular weight excluding hydrogens is 530 g/mol. The maximum absolute atomic E-state index is 12.3. The van der Waals surface area contributed by atoms with Gasteiger partial charge < -0.3 is 15.5 Å². The van der Waals surface area contributed by atoms with Crippen molar-refractivity contribution in [3.63, 3.8) is 0 Å². The third-order valence-electron chi connectivity index (χ3n) is 8.69. The van der Waals surface area contributed by atoms with E-state index in [1.165, 1.54) is 148 Å². The van der Waals surface area contributed by atoms with Gasteiger partial charge in [0, 0.05) is 6.42 Å². The van der Waals surface area contributed by atoms with Crippen molar-refractivity contribution in [1.82, 2.24) is 5.32 Å². The zero-order chi connectivity index (χ0) is 31.5. The van der Waals surface area contributed by atoms with Crippen LogP contribution in [0.25, 0.3) is 0 Å². The van der Waals surface area contributed by atoms with Crippen LogP contribution in [-0.2, 0) is 4.79 Å². The van der Waals surface area contributed by atoms with E-state index in [2.05, 4.69) is 31.3 Å². The summed E-state index contributed by atoms with van der Waals surface area (Å²) in [5.41, 5.74) is 0. The summed E-state index contributed by atoms with van der Waals surface area (Å²) in [5.74, 6) is -0.0744. The predicted octanol–water partition coefficient (Wildman–Crippen LogP) is 11.3. The van der Waals surface area contributed by atoms with Crippen LogP contribution >= 0.6 is 0 Å². The molecule has 0 spiro atoms. The molecule has 0 saturated heterocycles. The molecule has 0 saturated carbocycles. The van der Waals surface area contributed by atoms with Crippen LogP contribution in [0.5, 0.6) is 0 Å². The largest absolute Gasteiger partial charge is 0.394 e. The van der Waals surface area contributed by atoms with Crippen molar-refractivity contribution in [2.75, 3.05) is 6.61 Å². The first-order valence-electron chi connectivity index (χ1n) is 19.1. The molecule has 0 aliphatic rings. The van der Waals surface area contributed by atoms with Crippen LogP contribution in [0.4, 0.5) is 0 Å². The fraction of sp³-hybridized carbons (Fsp3) is 0.872. The number of aliphatic hydroxyl groups excluding tert-OH is 2. The Kier molecular flexibility index (Phi) is 34.4. The lowest BCUT2D eigenvalue weighted by Crippen LogP contribution is -2.45. The molecule has 4 nitrogen and oxygen atoms in total. The smallest absolute Gasteiger partial charge is 0.220 e. The highest BCUT2D eigenvalue weighted by molar-refractivity contribution is 5.76. The van der Waals surface area contributed by atoms with Crippen molar-refractivity contribution >= 4 is 5.91 Å². The van der Waals surface area contributed by atoms with Crippen LogP contribution in [-0.4, -0.2) is 34.9 Å². The normalized spacial score (nSPS) is 13.3. The molecule has 2 atom stereocenters. The average molecular weight is 606 g/mol. The van der Waals surface area contributed by atoms with Crippen molar-refractivity contribution in [2.45, 2.75) is 212 Å². The van der Waals surface area contributed by atoms with Gasteiger partial charge in [0.2, 0.25) is 5.91 Å². The van der Waals surface area contributed by atoms with Gasteiger partial charge in [0.1, 0.15) is 0 Å². The number of aliphatic hydroxyl groups is 2. The summed E-state index contributed by atoms with van der Waals surface area (Å²) in [6, 6.07) is -0.631. The Labute approximate surface area is 269 Å². The molecule has 43 heavy (non-hydrogen) atoms. The SMILES string of the molecule is CCCCC/C=C/CC/C=C/[C@@H](O)[C@H](CO)NC(=O)CCCCCCCCCCCCCCCCCCCCCCCC. The Balaban J connectivity index is 3.50. The molecule has 0 bridgehead atoms. The van der Waals surface area contributed by atoms with Gasteiger partial charge in [-0.3, -0.25) is 4.79 Å². The fourth-order valence-corrected chi connectivity index (χ4v) is 5.72. The van der Waals surface area contributed by atoms with Crippen LogP contribution < -0.4 is 5.32 Å². The second-order valence-corrected chi connectivity index (χ2v) is 13.0. The molecule has 0 unspecified atom stereocenters. The lowest BCUT2D eigenvalue weighted by molar-refractivity contribution is -0.123. The minimum atomic E-state index is -0.855. The first-order chi connectivity index (χ1) is 21.2. The van der Waals surface area contributed by atoms with Crippen LogP contribution in [0.2, 0.25) is 0 Å². The van der Waals surface area contributed by atoms with Crippen molar-refractivity contribution in [3.05, 3.63) is 24.3 Å². The zero-order valence-corrected chi connectivity index (χ0v) is 29.0. The summed E-state index contributed by atoms with van der Waals surface area (Å²) in [4.78, 5) is 12.3. The van der Waals surface area contributed by atoms with Gasteiger partial charge in [0.25, 0.3) is 0 Å². The molecule has 1 amide bonds. The quantitative estimate of drug-likeness (QED) is 0.0505. The maximum atomic E-state index is 12.3. The van der Waals surface area contributed by atoms with E-state index in [0.29, 0.717) is 6.42 Å². The summed E-state index contributed by atoms with van der Waals surface area (Å²) < 4.78 is 0. The number of hydrogen-bond acceptors (Lipinski definition) is 3. The molecular formula is C39H75NO3. The average Bonchev–Trinajstić information content (AvgIpc) is 3.01. The molecule has 254 valence electrons. The highest BCUT2D eigenvalue weighted by atomic mass is 16.3. The van der Waals surface area contributed by atoms with Gasteiger partial charge in [-0.05, 0) is 32.1 Å². The molecule has 0 aromatic heterocycles. The topological polar surface area (TPSA) is 69.6 Å². The number of hydrogen-bond donors (Lipinski definition) is 3. The third kappa shape index (κ3) is 32.1. The molecule has 0 fully saturated rings. The molecule has 0 radical (unpaired) electrons. The molecule has 0 rings (SSSR count). The van der Waals surface area contributed by atoms with Crippen LogP contribution in [0.15, 0.2) is 24.3 Å². The molecule has 0 aromatic rings. The van der Waals surface area contributed by atoms with Gasteiger partial charge in [0.15, 0.2) is 0 Å². The van der Waals surface area contributed by atoms with Crippen molar-refractivity contribution < 1.29 is 15.0 Å². The standard InChI is InChI=1S/C39H75NO3/c1-3-5-7-9-11-13-14-15-16-17-18-19-20-21-22-23-24-25-27-29-31-33-35-39(43)40-37(36-41)38(42)34-32-30-28-26-12-10-8-6-4-2/h12,26,32,34,37-38,41-42H,3-11,13-25,27-31,33,35-36H2,1-2H3,(H,40,43)/b26-12+,34-32+/t37-,38+/m0/s1. The van der Waals surface area contributed by atoms with E-state index in [0.717, 1.165) is 32.1 Å². The van der Waals surface area contributed by atoms with Crippen molar-refractivity contribution in [2.24, 2.45) is 0 Å². The van der Waals surface area contributed by atoms with Gasteiger partial charge in [-0.25, -0.2) is 0 Å². The minimum Gasteiger partial charge on any atom is -0.394 e. The van der Waals surface area contributed by atoms with Gasteiger partial charge in [-0.1, -0.05) is 186 Å². The van der Waals surface area contributed by atoms with E-state index in [9.17, 15) is 15.0 Å². The van der Waals surface area contributed by atoms with Crippen LogP contribution in [0.1, 0.15) is 200 Å². The second-order valence-electron chi connectivity index (χ2n) is 13.0. The van der Waals surface area contributed by atoms with E-state index in [4.69, 9.17) is 0 Å². The lowest BCUT2D eigenvalue weighted by Gasteiger charge is -2.19. The number of nitrogens with one attached hydrogen (secondary N) is 1. The Morgan fingerprint density at radius 3 is 1.35 bits per heavy atom. The third-order valence-corrected chi connectivity index (χ3v) is 8.69. The van der Waals surface area contributed by atoms with E-state index in [-0.39, 0.29) is 12.5 Å². The summed E-state index contributed by atoms with van der Waals surface area (Å²) in [7, 11) is 0. The van der Waals surface area contributed by atoms with Gasteiger partial charge in [-0.15, -0.1) is 0 Å². The maximum Gasteiger partial charge on any atom is 0.220 e. The minimum absolute atomic E-state index is 0.0744. The second kappa shape index (κ2) is 35.4. The summed E-state index contributed by atoms with van der Waals surface area (Å²) >= 11 is 0. The van der Waals surface area contributed by atoms with E-state index >= 15 is 0 Å². The first-order valence-corrected chi connectivity index (χ1v) is 19.1. The van der Waals surface area contributed by atoms with Crippen LogP contribution in [0.3, 0.4) is 0 Å². The number of carbonyl (C=O) groups is 1. The Bertz CT molecular complexity index is 618. The van der Waals surface area contributed by atoms with Gasteiger partial charge in [0.05, 0.1) is 18.8 Å². The Morgan fingerprint density at radius 1 is 0.535 bits per heavy atom. The first kappa shape index (κ1) is 41.9. The number of carbonyl (C=O) groups excluding carboxylic acids is 1. The van der Waals surface area contributed by atoms with E-state index in [1.54, 1.807) is 6.08 Å². The molecule has 0 aliphatic heterocycles. The van der Waals surface area contributed by atoms with Crippen molar-refractivity contribution in [1.29, 1.82) is 0 Å². The number of rotatable bonds is 34. The highest BCUT2D eigenvalue weighted by Crippen LogP contribution is 2.15. The lowest BCUT2D eigenvalue weighted by atomic mass is 10.0. The monoisotopic (exact) mass is 606 g/mol. The predicted molar refractivity (Wildman–Crippen MR) is 189 cm³/mol. The van der Waals surface area contributed by atoms with E-state index < -0.39 is 12.1 Å². The highest BCUT2D eigenvalue weighted by Gasteiger charge is 2.17. The molecule has 0 aromatic carbocycles. The van der Waals surface area contributed by atoms with Crippen LogP contribution in [0, 0.1) is 0 Å². The molecule has 4 heteroatoms. The molecule has 0 heterocycles. The van der Waals surface area contributed by atoms with E-state index in [1.807, 2.05) is 6.08 Å². The summed E-state index contributed by atoms with van der Waals surface area (Å²) in [6.45, 7) is 4.25. The Morgan fingerprint density at radius 2 is 0.907 bits per heavy atom. The molecule has 3 N–H and O–H groups in total. The van der Waals surface area contributed by atoms with Crippen molar-refractivity contribution in [3.8, 4) is 0 Å². The number of allylic oxidation sites excluding steroid dienone is 3. The summed E-state index contributed by atoms with van der Waals surface area (Å²) in [5, 5.41) is 22.8. The Hall–Kier alpha value is -1.13. The van der Waals surface area contributed by atoms with Gasteiger partial charge in [-0.2, -0.15) is 0 Å². The number of amides is 1. The fourth-order valence-electron chi connectivity index (χ4n) is 5.72. The zero-order valence-electron chi connectivity index (χ0n) is 29.0. The molecule has 0 aliphatic carbocycles. The number of unbranched alkanes of at least 4 members (excludes halogenated alkanes) is 25.